The van der Waals surface area contributed by atoms with Gasteiger partial charge in [0.1, 0.15) is 0 Å². The van der Waals surface area contributed by atoms with Crippen LogP contribution in [0.4, 0.5) is 5.69 Å². The van der Waals surface area contributed by atoms with Gasteiger partial charge in [0.15, 0.2) is 6.10 Å². The minimum Gasteiger partial charge on any atom is -0.449 e. The van der Waals surface area contributed by atoms with E-state index in [0.717, 1.165) is 0 Å². The second kappa shape index (κ2) is 7.68. The van der Waals surface area contributed by atoms with Gasteiger partial charge in [-0.2, -0.15) is 0 Å². The van der Waals surface area contributed by atoms with Crippen molar-refractivity contribution in [1.29, 1.82) is 0 Å². The number of nitrogens with one attached hydrogen (secondary N) is 1. The molecule has 2 aromatic rings. The van der Waals surface area contributed by atoms with Gasteiger partial charge in [0.05, 0.1) is 15.6 Å². The van der Waals surface area contributed by atoms with Gasteiger partial charge in [-0.1, -0.05) is 46.9 Å². The highest BCUT2D eigenvalue weighted by atomic mass is 35.5. The van der Waals surface area contributed by atoms with Crippen LogP contribution in [0.5, 0.6) is 0 Å². The van der Waals surface area contributed by atoms with Crippen LogP contribution in [0.1, 0.15) is 17.3 Å². The van der Waals surface area contributed by atoms with Crippen molar-refractivity contribution in [1.82, 2.24) is 0 Å². The summed E-state index contributed by atoms with van der Waals surface area (Å²) in [4.78, 5) is 24.1. The van der Waals surface area contributed by atoms with Gasteiger partial charge in [-0.05, 0) is 37.3 Å². The molecule has 0 aliphatic heterocycles. The first-order chi connectivity index (χ1) is 10.9. The largest absolute Gasteiger partial charge is 0.449 e. The Balaban J connectivity index is 2.03. The molecule has 2 aromatic carbocycles. The fraction of sp³-hybridized carbons (Fsp3) is 0.125. The van der Waals surface area contributed by atoms with Crippen LogP contribution in [0, 0.1) is 0 Å². The summed E-state index contributed by atoms with van der Waals surface area (Å²) in [6.07, 6.45) is -1.02. The Kier molecular flexibility index (Phi) is 5.88. The summed E-state index contributed by atoms with van der Waals surface area (Å²) >= 11 is 17.6. The van der Waals surface area contributed by atoms with Crippen molar-refractivity contribution in [3.05, 3.63) is 63.1 Å². The molecule has 7 heteroatoms. The summed E-state index contributed by atoms with van der Waals surface area (Å²) in [5.41, 5.74) is 0.604. The van der Waals surface area contributed by atoms with Crippen LogP contribution in [0.3, 0.4) is 0 Å². The smallest absolute Gasteiger partial charge is 0.340 e. The van der Waals surface area contributed by atoms with Crippen LogP contribution < -0.4 is 5.32 Å². The lowest BCUT2D eigenvalue weighted by Crippen LogP contribution is -2.30. The maximum atomic E-state index is 12.1. The number of carbonyl (C=O) groups is 2. The maximum Gasteiger partial charge on any atom is 0.340 e. The first-order valence-corrected chi connectivity index (χ1v) is 7.73. The molecule has 1 amide bonds. The van der Waals surface area contributed by atoms with Crippen molar-refractivity contribution in [3.8, 4) is 0 Å². The van der Waals surface area contributed by atoms with Crippen LogP contribution in [-0.4, -0.2) is 18.0 Å². The maximum absolute atomic E-state index is 12.1. The molecule has 0 spiro atoms. The predicted octanol–water partition coefficient (Wildman–Crippen LogP) is 4.83. The zero-order chi connectivity index (χ0) is 17.0. The Hall–Kier alpha value is -1.75. The summed E-state index contributed by atoms with van der Waals surface area (Å²) in [5.74, 6) is -1.22. The fourth-order valence-electron chi connectivity index (χ4n) is 1.75. The first-order valence-electron chi connectivity index (χ1n) is 6.60. The van der Waals surface area contributed by atoms with E-state index in [1.165, 1.54) is 13.0 Å². The predicted molar refractivity (Wildman–Crippen MR) is 91.4 cm³/mol. The molecule has 2 rings (SSSR count). The van der Waals surface area contributed by atoms with Crippen LogP contribution in [-0.2, 0) is 9.53 Å². The first kappa shape index (κ1) is 17.6. The van der Waals surface area contributed by atoms with E-state index in [9.17, 15) is 9.59 Å². The summed E-state index contributed by atoms with van der Waals surface area (Å²) in [6, 6.07) is 11.2. The van der Waals surface area contributed by atoms with Crippen molar-refractivity contribution in [2.75, 3.05) is 5.32 Å². The third kappa shape index (κ3) is 4.61. The van der Waals surface area contributed by atoms with Gasteiger partial charge < -0.3 is 10.1 Å². The van der Waals surface area contributed by atoms with E-state index in [2.05, 4.69) is 5.32 Å². The molecule has 120 valence electrons. The minimum atomic E-state index is -1.02. The molecule has 0 aliphatic carbocycles. The average molecular weight is 373 g/mol. The molecule has 0 saturated heterocycles. The lowest BCUT2D eigenvalue weighted by Gasteiger charge is -2.14. The highest BCUT2D eigenvalue weighted by Gasteiger charge is 2.21. The van der Waals surface area contributed by atoms with E-state index in [1.807, 2.05) is 0 Å². The van der Waals surface area contributed by atoms with Crippen LogP contribution in [0.15, 0.2) is 42.5 Å². The molecule has 1 N–H and O–H groups in total. The van der Waals surface area contributed by atoms with E-state index in [4.69, 9.17) is 39.5 Å². The Labute approximate surface area is 148 Å². The number of esters is 1. The average Bonchev–Trinajstić information content (AvgIpc) is 2.49. The van der Waals surface area contributed by atoms with Gasteiger partial charge in [-0.3, -0.25) is 4.79 Å². The number of carbonyl (C=O) groups excluding carboxylic acids is 2. The number of ether oxygens (including phenoxy) is 1. The summed E-state index contributed by atoms with van der Waals surface area (Å²) < 4.78 is 5.11. The molecular formula is C16H12Cl3NO3. The quantitative estimate of drug-likeness (QED) is 0.782. The third-order valence-electron chi connectivity index (χ3n) is 2.92. The standard InChI is InChI=1S/C16H12Cl3NO3/c1-9(15(21)20-11-5-2-4-10(17)8-11)23-16(22)12-6-3-7-13(18)14(12)19/h2-9H,1H3,(H,20,21)/t9-/m1/s1. The zero-order valence-corrected chi connectivity index (χ0v) is 14.2. The topological polar surface area (TPSA) is 55.4 Å². The molecule has 23 heavy (non-hydrogen) atoms. The second-order valence-electron chi connectivity index (χ2n) is 4.65. The lowest BCUT2D eigenvalue weighted by atomic mass is 10.2. The highest BCUT2D eigenvalue weighted by molar-refractivity contribution is 6.43. The Morgan fingerprint density at radius 2 is 1.78 bits per heavy atom. The van der Waals surface area contributed by atoms with Crippen LogP contribution >= 0.6 is 34.8 Å². The normalized spacial score (nSPS) is 11.7. The van der Waals surface area contributed by atoms with E-state index in [0.29, 0.717) is 10.7 Å². The van der Waals surface area contributed by atoms with Gasteiger partial charge in [0, 0.05) is 10.7 Å². The van der Waals surface area contributed by atoms with Gasteiger partial charge >= 0.3 is 5.97 Å². The SMILES string of the molecule is C[C@@H](OC(=O)c1cccc(Cl)c1Cl)C(=O)Nc1cccc(Cl)c1. The van der Waals surface area contributed by atoms with Crippen molar-refractivity contribution in [3.63, 3.8) is 0 Å². The highest BCUT2D eigenvalue weighted by Crippen LogP contribution is 2.26. The minimum absolute atomic E-state index is 0.0848. The molecular weight excluding hydrogens is 361 g/mol. The van der Waals surface area contributed by atoms with E-state index in [-0.39, 0.29) is 15.6 Å². The second-order valence-corrected chi connectivity index (χ2v) is 5.87. The van der Waals surface area contributed by atoms with Crippen LogP contribution in [0.25, 0.3) is 0 Å². The molecule has 0 aromatic heterocycles. The number of hydrogen-bond acceptors (Lipinski definition) is 3. The molecule has 0 aliphatic rings. The van der Waals surface area contributed by atoms with Gasteiger partial charge in [-0.25, -0.2) is 4.79 Å². The lowest BCUT2D eigenvalue weighted by molar-refractivity contribution is -0.123. The molecule has 4 nitrogen and oxygen atoms in total. The molecule has 0 heterocycles. The molecule has 0 fully saturated rings. The number of amides is 1. The van der Waals surface area contributed by atoms with E-state index < -0.39 is 18.0 Å². The molecule has 0 saturated carbocycles. The van der Waals surface area contributed by atoms with Crippen molar-refractivity contribution >= 4 is 52.4 Å². The van der Waals surface area contributed by atoms with Gasteiger partial charge in [0.2, 0.25) is 0 Å². The van der Waals surface area contributed by atoms with Crippen molar-refractivity contribution < 1.29 is 14.3 Å². The Morgan fingerprint density at radius 3 is 2.48 bits per heavy atom. The summed E-state index contributed by atoms with van der Waals surface area (Å²) in [7, 11) is 0. The van der Waals surface area contributed by atoms with Gasteiger partial charge in [-0.15, -0.1) is 0 Å². The van der Waals surface area contributed by atoms with E-state index >= 15 is 0 Å². The Morgan fingerprint density at radius 1 is 1.09 bits per heavy atom. The third-order valence-corrected chi connectivity index (χ3v) is 3.97. The molecule has 0 radical (unpaired) electrons. The Bertz CT molecular complexity index is 749. The van der Waals surface area contributed by atoms with Crippen LogP contribution in [0.2, 0.25) is 15.1 Å². The summed E-state index contributed by atoms with van der Waals surface area (Å²) in [5, 5.41) is 3.41. The van der Waals surface area contributed by atoms with Crippen molar-refractivity contribution in [2.45, 2.75) is 13.0 Å². The number of benzene rings is 2. The number of rotatable bonds is 4. The zero-order valence-electron chi connectivity index (χ0n) is 12.0. The van der Waals surface area contributed by atoms with Crippen molar-refractivity contribution in [2.24, 2.45) is 0 Å². The molecule has 0 unspecified atom stereocenters. The van der Waals surface area contributed by atoms with Gasteiger partial charge in [0.25, 0.3) is 5.91 Å². The van der Waals surface area contributed by atoms with E-state index in [1.54, 1.807) is 36.4 Å². The number of anilines is 1. The summed E-state index contributed by atoms with van der Waals surface area (Å²) in [6.45, 7) is 1.45. The molecule has 1 atom stereocenters. The number of hydrogen-bond donors (Lipinski definition) is 1. The monoisotopic (exact) mass is 371 g/mol. The molecule has 0 bridgehead atoms. The fourth-order valence-corrected chi connectivity index (χ4v) is 2.32. The number of halogens is 3.